The van der Waals surface area contributed by atoms with E-state index in [-0.39, 0.29) is 12.3 Å². The van der Waals surface area contributed by atoms with Crippen molar-refractivity contribution in [3.8, 4) is 0 Å². The number of oxazole rings is 1. The number of nitrogens with one attached hydrogen (secondary N) is 1. The molecular weight excluding hydrogens is 252 g/mol. The minimum absolute atomic E-state index is 0.0234. The molecule has 1 aromatic heterocycles. The van der Waals surface area contributed by atoms with Crippen LogP contribution in [0.5, 0.6) is 0 Å². The minimum atomic E-state index is -0.0234. The summed E-state index contributed by atoms with van der Waals surface area (Å²) in [6.45, 7) is 4.92. The number of rotatable bonds is 7. The lowest BCUT2D eigenvalue weighted by molar-refractivity contribution is -0.120. The molecule has 0 aliphatic carbocycles. The van der Waals surface area contributed by atoms with Gasteiger partial charge in [0, 0.05) is 6.54 Å². The number of nitrogens with zero attached hydrogens (tertiary/aromatic N) is 1. The molecule has 2 aromatic rings. The Morgan fingerprint density at radius 3 is 2.95 bits per heavy atom. The van der Waals surface area contributed by atoms with Gasteiger partial charge in [-0.3, -0.25) is 4.79 Å². The molecule has 108 valence electrons. The summed E-state index contributed by atoms with van der Waals surface area (Å²) >= 11 is 0. The molecule has 0 saturated heterocycles. The van der Waals surface area contributed by atoms with Crippen molar-refractivity contribution in [1.29, 1.82) is 0 Å². The predicted octanol–water partition coefficient (Wildman–Crippen LogP) is 3.38. The third kappa shape index (κ3) is 4.08. The first-order chi connectivity index (χ1) is 9.69. The number of carbonyl (C=O) groups excluding carboxylic acids is 1. The Morgan fingerprint density at radius 1 is 1.30 bits per heavy atom. The van der Waals surface area contributed by atoms with Crippen LogP contribution in [0.25, 0.3) is 11.1 Å². The van der Waals surface area contributed by atoms with Crippen molar-refractivity contribution in [1.82, 2.24) is 10.3 Å². The van der Waals surface area contributed by atoms with E-state index < -0.39 is 0 Å². The molecule has 1 N–H and O–H groups in total. The van der Waals surface area contributed by atoms with Crippen LogP contribution < -0.4 is 5.32 Å². The largest absolute Gasteiger partial charge is 0.440 e. The van der Waals surface area contributed by atoms with E-state index in [0.29, 0.717) is 5.89 Å². The maximum atomic E-state index is 11.8. The third-order valence-electron chi connectivity index (χ3n) is 3.25. The van der Waals surface area contributed by atoms with Crippen LogP contribution in [0.2, 0.25) is 0 Å². The van der Waals surface area contributed by atoms with Crippen LogP contribution in [0.15, 0.2) is 22.6 Å². The average molecular weight is 274 g/mol. The molecule has 0 fully saturated rings. The van der Waals surface area contributed by atoms with Gasteiger partial charge in [0.1, 0.15) is 11.9 Å². The molecule has 0 bridgehead atoms. The standard InChI is InChI=1S/C16H22N2O2/c1-3-4-5-6-9-17-15(19)11-16-18-13-10-12(2)7-8-14(13)20-16/h7-8,10H,3-6,9,11H2,1-2H3,(H,17,19). The molecule has 0 atom stereocenters. The van der Waals surface area contributed by atoms with Gasteiger partial charge >= 0.3 is 0 Å². The second-order valence-corrected chi connectivity index (χ2v) is 5.17. The summed E-state index contributed by atoms with van der Waals surface area (Å²) in [5.74, 6) is 0.460. The number of hydrogen-bond acceptors (Lipinski definition) is 3. The maximum absolute atomic E-state index is 11.8. The van der Waals surface area contributed by atoms with E-state index in [4.69, 9.17) is 4.42 Å². The summed E-state index contributed by atoms with van der Waals surface area (Å²) < 4.78 is 5.57. The van der Waals surface area contributed by atoms with E-state index in [1.54, 1.807) is 0 Å². The second-order valence-electron chi connectivity index (χ2n) is 5.17. The smallest absolute Gasteiger partial charge is 0.229 e. The minimum Gasteiger partial charge on any atom is -0.440 e. The van der Waals surface area contributed by atoms with Crippen molar-refractivity contribution < 1.29 is 9.21 Å². The van der Waals surface area contributed by atoms with Gasteiger partial charge < -0.3 is 9.73 Å². The first-order valence-electron chi connectivity index (χ1n) is 7.32. The molecule has 0 spiro atoms. The first-order valence-corrected chi connectivity index (χ1v) is 7.32. The molecule has 1 amide bonds. The van der Waals surface area contributed by atoms with Crippen LogP contribution in [0.1, 0.15) is 44.1 Å². The van der Waals surface area contributed by atoms with Crippen molar-refractivity contribution in [2.24, 2.45) is 0 Å². The van der Waals surface area contributed by atoms with E-state index in [0.717, 1.165) is 29.6 Å². The van der Waals surface area contributed by atoms with Gasteiger partial charge in [-0.25, -0.2) is 4.98 Å². The molecule has 1 aromatic carbocycles. The van der Waals surface area contributed by atoms with E-state index in [1.807, 2.05) is 25.1 Å². The number of aryl methyl sites for hydroxylation is 1. The summed E-state index contributed by atoms with van der Waals surface area (Å²) in [6, 6.07) is 5.83. The monoisotopic (exact) mass is 274 g/mol. The summed E-state index contributed by atoms with van der Waals surface area (Å²) in [7, 11) is 0. The lowest BCUT2D eigenvalue weighted by Gasteiger charge is -2.02. The molecule has 0 radical (unpaired) electrons. The summed E-state index contributed by atoms with van der Waals surface area (Å²) in [6.07, 6.45) is 4.84. The zero-order chi connectivity index (χ0) is 14.4. The van der Waals surface area contributed by atoms with Crippen LogP contribution in [-0.4, -0.2) is 17.4 Å². The van der Waals surface area contributed by atoms with Crippen molar-refractivity contribution in [3.63, 3.8) is 0 Å². The molecule has 2 rings (SSSR count). The van der Waals surface area contributed by atoms with Crippen LogP contribution in [0.3, 0.4) is 0 Å². The molecule has 1 heterocycles. The van der Waals surface area contributed by atoms with Gasteiger partial charge in [-0.2, -0.15) is 0 Å². The van der Waals surface area contributed by atoms with Gasteiger partial charge in [-0.15, -0.1) is 0 Å². The Kier molecular flexibility index (Phi) is 5.16. The van der Waals surface area contributed by atoms with Crippen molar-refractivity contribution in [2.75, 3.05) is 6.54 Å². The number of benzene rings is 1. The summed E-state index contributed by atoms with van der Waals surface area (Å²) in [5.41, 5.74) is 2.69. The molecule has 4 nitrogen and oxygen atoms in total. The molecule has 0 aliphatic rings. The SMILES string of the molecule is CCCCCCNC(=O)Cc1nc2cc(C)ccc2o1. The van der Waals surface area contributed by atoms with E-state index in [2.05, 4.69) is 17.2 Å². The fourth-order valence-electron chi connectivity index (χ4n) is 2.14. The van der Waals surface area contributed by atoms with Crippen LogP contribution >= 0.6 is 0 Å². The Hall–Kier alpha value is -1.84. The Morgan fingerprint density at radius 2 is 2.15 bits per heavy atom. The average Bonchev–Trinajstić information content (AvgIpc) is 2.79. The van der Waals surface area contributed by atoms with Gasteiger partial charge in [-0.05, 0) is 31.0 Å². The fraction of sp³-hybridized carbons (Fsp3) is 0.500. The third-order valence-corrected chi connectivity index (χ3v) is 3.25. The number of hydrogen-bond donors (Lipinski definition) is 1. The zero-order valence-corrected chi connectivity index (χ0v) is 12.2. The summed E-state index contributed by atoms with van der Waals surface area (Å²) in [4.78, 5) is 16.1. The second kappa shape index (κ2) is 7.08. The van der Waals surface area contributed by atoms with Crippen molar-refractivity contribution in [3.05, 3.63) is 29.7 Å². The van der Waals surface area contributed by atoms with Gasteiger partial charge in [0.2, 0.25) is 11.8 Å². The molecular formula is C16H22N2O2. The van der Waals surface area contributed by atoms with Crippen LogP contribution in [-0.2, 0) is 11.2 Å². The lowest BCUT2D eigenvalue weighted by Crippen LogP contribution is -2.26. The van der Waals surface area contributed by atoms with Gasteiger partial charge in [-0.1, -0.05) is 32.3 Å². The van der Waals surface area contributed by atoms with Crippen LogP contribution in [0, 0.1) is 6.92 Å². The quantitative estimate of drug-likeness (QED) is 0.787. The Balaban J connectivity index is 1.83. The number of unbranched alkanes of at least 4 members (excludes halogenated alkanes) is 3. The van der Waals surface area contributed by atoms with E-state index >= 15 is 0 Å². The van der Waals surface area contributed by atoms with Gasteiger partial charge in [0.15, 0.2) is 5.58 Å². The maximum Gasteiger partial charge on any atom is 0.229 e. The van der Waals surface area contributed by atoms with Gasteiger partial charge in [0.05, 0.1) is 0 Å². The molecule has 0 saturated carbocycles. The highest BCUT2D eigenvalue weighted by atomic mass is 16.3. The van der Waals surface area contributed by atoms with Crippen molar-refractivity contribution in [2.45, 2.75) is 46.0 Å². The number of carbonyl (C=O) groups is 1. The fourth-order valence-corrected chi connectivity index (χ4v) is 2.14. The normalized spacial score (nSPS) is 10.9. The van der Waals surface area contributed by atoms with Crippen LogP contribution in [0.4, 0.5) is 0 Å². The number of amides is 1. The van der Waals surface area contributed by atoms with E-state index in [9.17, 15) is 4.79 Å². The molecule has 20 heavy (non-hydrogen) atoms. The molecule has 0 aliphatic heterocycles. The summed E-state index contributed by atoms with van der Waals surface area (Å²) in [5, 5.41) is 2.91. The predicted molar refractivity (Wildman–Crippen MR) is 79.6 cm³/mol. The highest BCUT2D eigenvalue weighted by molar-refractivity contribution is 5.79. The molecule has 0 unspecified atom stereocenters. The first kappa shape index (κ1) is 14.6. The Labute approximate surface area is 119 Å². The highest BCUT2D eigenvalue weighted by Gasteiger charge is 2.10. The Bertz CT molecular complexity index is 575. The van der Waals surface area contributed by atoms with Gasteiger partial charge in [0.25, 0.3) is 0 Å². The lowest BCUT2D eigenvalue weighted by atomic mass is 10.2. The highest BCUT2D eigenvalue weighted by Crippen LogP contribution is 2.17. The number of fused-ring (bicyclic) bond motifs is 1. The number of aromatic nitrogens is 1. The zero-order valence-electron chi connectivity index (χ0n) is 12.2. The topological polar surface area (TPSA) is 55.1 Å². The van der Waals surface area contributed by atoms with Crippen molar-refractivity contribution >= 4 is 17.0 Å². The molecule has 4 heteroatoms. The van der Waals surface area contributed by atoms with E-state index in [1.165, 1.54) is 19.3 Å².